The summed E-state index contributed by atoms with van der Waals surface area (Å²) in [7, 11) is 0. The van der Waals surface area contributed by atoms with Gasteiger partial charge in [-0.1, -0.05) is 51.5 Å². The van der Waals surface area contributed by atoms with Gasteiger partial charge in [0.25, 0.3) is 5.91 Å². The van der Waals surface area contributed by atoms with Gasteiger partial charge in [0, 0.05) is 18.2 Å². The number of carboxylic acid groups (broad SMARTS) is 1. The predicted octanol–water partition coefficient (Wildman–Crippen LogP) is 3.58. The average molecular weight is 348 g/mol. The Balaban J connectivity index is 2.55. The molecule has 0 fully saturated rings. The first kappa shape index (κ1) is 20.7. The van der Waals surface area contributed by atoms with Crippen LogP contribution in [0.1, 0.15) is 69.2 Å². The molecule has 1 aromatic carbocycles. The molecule has 0 aliphatic carbocycles. The van der Waals surface area contributed by atoms with Crippen LogP contribution in [0, 0.1) is 0 Å². The first-order valence-electron chi connectivity index (χ1n) is 8.85. The zero-order valence-corrected chi connectivity index (χ0v) is 15.0. The van der Waals surface area contributed by atoms with Crippen molar-refractivity contribution in [3.63, 3.8) is 0 Å². The van der Waals surface area contributed by atoms with E-state index in [9.17, 15) is 19.5 Å². The summed E-state index contributed by atoms with van der Waals surface area (Å²) >= 11 is 0. The first-order chi connectivity index (χ1) is 11.9. The molecule has 3 N–H and O–H groups in total. The third-order valence-corrected chi connectivity index (χ3v) is 3.89. The van der Waals surface area contributed by atoms with E-state index in [-0.39, 0.29) is 5.91 Å². The highest BCUT2D eigenvalue weighted by Crippen LogP contribution is 2.12. The lowest BCUT2D eigenvalue weighted by atomic mass is 10.1. The lowest BCUT2D eigenvalue weighted by Gasteiger charge is -2.15. The molecule has 2 amide bonds. The standard InChI is InChI=1S/C19H28N2O4/c1-3-4-5-6-7-8-12-17(19(24)25)21-18(23)15-10-9-11-16(13-15)20-14(2)22/h9-11,13,17H,3-8,12H2,1-2H3,(H,20,22)(H,21,23)(H,24,25)/t17-/m1/s1. The van der Waals surface area contributed by atoms with Gasteiger partial charge in [-0.05, 0) is 24.6 Å². The summed E-state index contributed by atoms with van der Waals surface area (Å²) in [6.45, 7) is 3.53. The van der Waals surface area contributed by atoms with E-state index in [2.05, 4.69) is 17.6 Å². The van der Waals surface area contributed by atoms with Gasteiger partial charge in [-0.3, -0.25) is 9.59 Å². The van der Waals surface area contributed by atoms with Crippen molar-refractivity contribution in [1.29, 1.82) is 0 Å². The highest BCUT2D eigenvalue weighted by Gasteiger charge is 2.20. The van der Waals surface area contributed by atoms with Gasteiger partial charge in [0.1, 0.15) is 6.04 Å². The van der Waals surface area contributed by atoms with Crippen molar-refractivity contribution in [1.82, 2.24) is 5.32 Å². The number of carboxylic acids is 1. The summed E-state index contributed by atoms with van der Waals surface area (Å²) in [4.78, 5) is 34.7. The molecule has 0 saturated carbocycles. The molecule has 0 aliphatic rings. The molecule has 0 bridgehead atoms. The van der Waals surface area contributed by atoms with Crippen LogP contribution >= 0.6 is 0 Å². The van der Waals surface area contributed by atoms with Crippen molar-refractivity contribution in [2.75, 3.05) is 5.32 Å². The van der Waals surface area contributed by atoms with E-state index in [0.717, 1.165) is 25.7 Å². The van der Waals surface area contributed by atoms with Crippen LogP contribution in [0.4, 0.5) is 5.69 Å². The van der Waals surface area contributed by atoms with Gasteiger partial charge >= 0.3 is 5.97 Å². The summed E-state index contributed by atoms with van der Waals surface area (Å²) in [6.07, 6.45) is 6.78. The number of carbonyl (C=O) groups is 3. The summed E-state index contributed by atoms with van der Waals surface area (Å²) in [5.74, 6) is -1.71. The fraction of sp³-hybridized carbons (Fsp3) is 0.526. The van der Waals surface area contributed by atoms with Gasteiger partial charge in [0.2, 0.25) is 5.91 Å². The number of hydrogen-bond donors (Lipinski definition) is 3. The lowest BCUT2D eigenvalue weighted by Crippen LogP contribution is -2.40. The molecular weight excluding hydrogens is 320 g/mol. The van der Waals surface area contributed by atoms with Crippen LogP contribution in [0.15, 0.2) is 24.3 Å². The summed E-state index contributed by atoms with van der Waals surface area (Å²) in [6, 6.07) is 5.53. The summed E-state index contributed by atoms with van der Waals surface area (Å²) < 4.78 is 0. The van der Waals surface area contributed by atoms with E-state index >= 15 is 0 Å². The number of amides is 2. The molecule has 0 heterocycles. The molecule has 1 rings (SSSR count). The second-order valence-electron chi connectivity index (χ2n) is 6.18. The number of unbranched alkanes of at least 4 members (excludes halogenated alkanes) is 5. The first-order valence-corrected chi connectivity index (χ1v) is 8.85. The maximum absolute atomic E-state index is 12.3. The Bertz CT molecular complexity index is 587. The zero-order valence-electron chi connectivity index (χ0n) is 15.0. The van der Waals surface area contributed by atoms with E-state index < -0.39 is 17.9 Å². The third-order valence-electron chi connectivity index (χ3n) is 3.89. The molecule has 6 nitrogen and oxygen atoms in total. The monoisotopic (exact) mass is 348 g/mol. The molecule has 1 atom stereocenters. The van der Waals surface area contributed by atoms with Gasteiger partial charge in [-0.25, -0.2) is 4.79 Å². The maximum atomic E-state index is 12.3. The third kappa shape index (κ3) is 8.33. The Hall–Kier alpha value is -2.37. The predicted molar refractivity (Wildman–Crippen MR) is 97.6 cm³/mol. The van der Waals surface area contributed by atoms with Crippen molar-refractivity contribution in [3.05, 3.63) is 29.8 Å². The second kappa shape index (κ2) is 11.2. The number of rotatable bonds is 11. The fourth-order valence-corrected chi connectivity index (χ4v) is 2.57. The number of aliphatic carboxylic acids is 1. The van der Waals surface area contributed by atoms with E-state index in [0.29, 0.717) is 17.7 Å². The number of hydrogen-bond acceptors (Lipinski definition) is 3. The summed E-state index contributed by atoms with van der Waals surface area (Å²) in [5, 5.41) is 14.5. The number of carbonyl (C=O) groups excluding carboxylic acids is 2. The fourth-order valence-electron chi connectivity index (χ4n) is 2.57. The van der Waals surface area contributed by atoms with Crippen LogP contribution in [-0.4, -0.2) is 28.9 Å². The minimum atomic E-state index is -1.03. The normalized spacial score (nSPS) is 11.6. The quantitative estimate of drug-likeness (QED) is 0.533. The van der Waals surface area contributed by atoms with Crippen LogP contribution in [-0.2, 0) is 9.59 Å². The molecule has 0 radical (unpaired) electrons. The van der Waals surface area contributed by atoms with E-state index in [1.165, 1.54) is 25.8 Å². The molecule has 0 saturated heterocycles. The Morgan fingerprint density at radius 3 is 2.40 bits per heavy atom. The number of benzene rings is 1. The molecule has 25 heavy (non-hydrogen) atoms. The van der Waals surface area contributed by atoms with Gasteiger partial charge in [-0.15, -0.1) is 0 Å². The number of nitrogens with one attached hydrogen (secondary N) is 2. The van der Waals surface area contributed by atoms with Gasteiger partial charge in [0.15, 0.2) is 0 Å². The van der Waals surface area contributed by atoms with Gasteiger partial charge in [0.05, 0.1) is 0 Å². The average Bonchev–Trinajstić information content (AvgIpc) is 2.56. The van der Waals surface area contributed by atoms with E-state index in [4.69, 9.17) is 0 Å². The van der Waals surface area contributed by atoms with Crippen molar-refractivity contribution < 1.29 is 19.5 Å². The topological polar surface area (TPSA) is 95.5 Å². The highest BCUT2D eigenvalue weighted by atomic mass is 16.4. The Morgan fingerprint density at radius 1 is 1.08 bits per heavy atom. The van der Waals surface area contributed by atoms with Gasteiger partial charge in [-0.2, -0.15) is 0 Å². The van der Waals surface area contributed by atoms with Crippen molar-refractivity contribution in [2.24, 2.45) is 0 Å². The highest BCUT2D eigenvalue weighted by molar-refractivity contribution is 5.98. The van der Waals surface area contributed by atoms with Crippen LogP contribution in [0.2, 0.25) is 0 Å². The zero-order chi connectivity index (χ0) is 18.7. The molecular formula is C19H28N2O4. The number of anilines is 1. The molecule has 0 unspecified atom stereocenters. The Kier molecular flexibility index (Phi) is 9.29. The van der Waals surface area contributed by atoms with Crippen molar-refractivity contribution in [2.45, 2.75) is 64.8 Å². The van der Waals surface area contributed by atoms with Gasteiger partial charge < -0.3 is 15.7 Å². The van der Waals surface area contributed by atoms with Crippen LogP contribution in [0.25, 0.3) is 0 Å². The van der Waals surface area contributed by atoms with Crippen LogP contribution in [0.5, 0.6) is 0 Å². The molecule has 1 aromatic rings. The molecule has 0 aliphatic heterocycles. The van der Waals surface area contributed by atoms with E-state index in [1.54, 1.807) is 18.2 Å². The molecule has 0 aromatic heterocycles. The molecule has 138 valence electrons. The SMILES string of the molecule is CCCCCCCC[C@@H](NC(=O)c1cccc(NC(C)=O)c1)C(=O)O. The van der Waals surface area contributed by atoms with Crippen molar-refractivity contribution in [3.8, 4) is 0 Å². The Morgan fingerprint density at radius 2 is 1.76 bits per heavy atom. The lowest BCUT2D eigenvalue weighted by molar-refractivity contribution is -0.139. The molecule has 6 heteroatoms. The second-order valence-corrected chi connectivity index (χ2v) is 6.18. The van der Waals surface area contributed by atoms with Crippen LogP contribution < -0.4 is 10.6 Å². The maximum Gasteiger partial charge on any atom is 0.326 e. The Labute approximate surface area is 149 Å². The van der Waals surface area contributed by atoms with Crippen LogP contribution in [0.3, 0.4) is 0 Å². The summed E-state index contributed by atoms with van der Waals surface area (Å²) in [5.41, 5.74) is 0.823. The minimum absolute atomic E-state index is 0.232. The molecule has 0 spiro atoms. The largest absolute Gasteiger partial charge is 0.480 e. The minimum Gasteiger partial charge on any atom is -0.480 e. The van der Waals surface area contributed by atoms with Crippen molar-refractivity contribution >= 4 is 23.5 Å². The smallest absolute Gasteiger partial charge is 0.326 e. The van der Waals surface area contributed by atoms with E-state index in [1.807, 2.05) is 0 Å².